The summed E-state index contributed by atoms with van der Waals surface area (Å²) in [5.41, 5.74) is 7.17. The maximum absolute atomic E-state index is 10.7. The number of hydrogen-bond donors (Lipinski definition) is 2. The summed E-state index contributed by atoms with van der Waals surface area (Å²) in [6, 6.07) is 5.30. The van der Waals surface area contributed by atoms with Gasteiger partial charge >= 0.3 is 5.97 Å². The molecule has 1 aromatic heterocycles. The number of thiazole rings is 1. The molecule has 0 spiro atoms. The van der Waals surface area contributed by atoms with Crippen molar-refractivity contribution in [2.45, 2.75) is 10.6 Å². The Kier molecular flexibility index (Phi) is 4.11. The van der Waals surface area contributed by atoms with E-state index in [0.29, 0.717) is 16.5 Å². The molecule has 2 rings (SSSR count). The Morgan fingerprint density at radius 2 is 2.33 bits per heavy atom. The highest BCUT2D eigenvalue weighted by Gasteiger charge is 2.09. The molecule has 7 heteroatoms. The minimum absolute atomic E-state index is 0.106. The number of carboxylic acid groups (broad SMARTS) is 1. The van der Waals surface area contributed by atoms with E-state index in [1.165, 1.54) is 11.8 Å². The zero-order chi connectivity index (χ0) is 13.1. The summed E-state index contributed by atoms with van der Waals surface area (Å²) in [5.74, 6) is -0.419. The van der Waals surface area contributed by atoms with Crippen LogP contribution in [-0.4, -0.2) is 16.1 Å². The Bertz CT molecular complexity index is 586. The molecule has 0 fully saturated rings. The molecule has 0 unspecified atom stereocenters. The number of thioether (sulfide) groups is 1. The largest absolute Gasteiger partial charge is 0.476 e. The highest BCUT2D eigenvalue weighted by molar-refractivity contribution is 7.98. The number of anilines is 1. The number of nitrogens with zero attached hydrogens (tertiary/aromatic N) is 1. The van der Waals surface area contributed by atoms with Crippen molar-refractivity contribution in [2.75, 3.05) is 5.73 Å². The molecule has 4 nitrogen and oxygen atoms in total. The molecule has 3 N–H and O–H groups in total. The van der Waals surface area contributed by atoms with Gasteiger partial charge in [-0.25, -0.2) is 9.78 Å². The zero-order valence-corrected chi connectivity index (χ0v) is 11.5. The van der Waals surface area contributed by atoms with Gasteiger partial charge in [-0.3, -0.25) is 0 Å². The number of rotatable bonds is 4. The van der Waals surface area contributed by atoms with Crippen LogP contribution in [0.15, 0.2) is 28.5 Å². The van der Waals surface area contributed by atoms with Gasteiger partial charge in [0.1, 0.15) is 0 Å². The Balaban J connectivity index is 2.04. The number of aromatic nitrogens is 1. The second-order valence-corrected chi connectivity index (χ2v) is 5.73. The molecule has 1 aromatic carbocycles. The van der Waals surface area contributed by atoms with E-state index in [-0.39, 0.29) is 5.01 Å². The lowest BCUT2D eigenvalue weighted by molar-refractivity contribution is 0.0696. The number of halogens is 1. The molecular weight excluding hydrogens is 292 g/mol. The smallest absolute Gasteiger partial charge is 0.365 e. The predicted octanol–water partition coefficient (Wildman–Crippen LogP) is 3.37. The fourth-order valence-electron chi connectivity index (χ4n) is 1.27. The normalized spacial score (nSPS) is 10.5. The van der Waals surface area contributed by atoms with Crippen LogP contribution in [0, 0.1) is 0 Å². The molecule has 0 aliphatic carbocycles. The second-order valence-electron chi connectivity index (χ2n) is 3.42. The monoisotopic (exact) mass is 300 g/mol. The van der Waals surface area contributed by atoms with Crippen LogP contribution in [0.5, 0.6) is 0 Å². The van der Waals surface area contributed by atoms with Crippen molar-refractivity contribution in [1.29, 1.82) is 0 Å². The summed E-state index contributed by atoms with van der Waals surface area (Å²) >= 11 is 8.43. The van der Waals surface area contributed by atoms with Crippen molar-refractivity contribution in [1.82, 2.24) is 4.98 Å². The lowest BCUT2D eigenvalue weighted by Gasteiger charge is -2.04. The summed E-state index contributed by atoms with van der Waals surface area (Å²) in [6.07, 6.45) is 0. The van der Waals surface area contributed by atoms with E-state index < -0.39 is 5.97 Å². The molecule has 1 heterocycles. The number of carbonyl (C=O) groups is 1. The number of carboxylic acids is 1. The van der Waals surface area contributed by atoms with Crippen LogP contribution < -0.4 is 5.73 Å². The Hall–Kier alpha value is -1.24. The number of benzene rings is 1. The molecule has 0 amide bonds. The maximum Gasteiger partial charge on any atom is 0.365 e. The molecule has 0 saturated heterocycles. The maximum atomic E-state index is 10.7. The van der Waals surface area contributed by atoms with Crippen molar-refractivity contribution in [2.24, 2.45) is 0 Å². The molecule has 18 heavy (non-hydrogen) atoms. The quantitative estimate of drug-likeness (QED) is 0.669. The van der Waals surface area contributed by atoms with Crippen LogP contribution >= 0.6 is 34.7 Å². The summed E-state index contributed by atoms with van der Waals surface area (Å²) in [4.78, 5) is 15.6. The van der Waals surface area contributed by atoms with E-state index in [0.717, 1.165) is 21.9 Å². The average molecular weight is 301 g/mol. The molecular formula is C11H9ClN2O2S2. The molecule has 0 aliphatic rings. The van der Waals surface area contributed by atoms with E-state index in [2.05, 4.69) is 4.98 Å². The average Bonchev–Trinajstić information content (AvgIpc) is 2.76. The first-order valence-electron chi connectivity index (χ1n) is 4.92. The van der Waals surface area contributed by atoms with E-state index >= 15 is 0 Å². The molecule has 94 valence electrons. The third-order valence-electron chi connectivity index (χ3n) is 2.08. The van der Waals surface area contributed by atoms with Crippen molar-refractivity contribution < 1.29 is 9.90 Å². The Morgan fingerprint density at radius 3 is 2.94 bits per heavy atom. The minimum atomic E-state index is -0.998. The predicted molar refractivity (Wildman–Crippen MR) is 74.5 cm³/mol. The van der Waals surface area contributed by atoms with Gasteiger partial charge in [-0.2, -0.15) is 0 Å². The first kappa shape index (κ1) is 13.2. The van der Waals surface area contributed by atoms with Crippen LogP contribution in [-0.2, 0) is 5.75 Å². The van der Waals surface area contributed by atoms with Gasteiger partial charge in [-0.1, -0.05) is 11.6 Å². The lowest BCUT2D eigenvalue weighted by atomic mass is 10.3. The standard InChI is InChI=1S/C11H9ClN2O2S2/c12-6-1-2-9(8(13)3-6)17-4-7-5-18-10(14-7)11(15)16/h1-3,5H,4,13H2,(H,15,16). The van der Waals surface area contributed by atoms with E-state index in [9.17, 15) is 4.79 Å². The van der Waals surface area contributed by atoms with Crippen LogP contribution in [0.1, 0.15) is 15.5 Å². The summed E-state index contributed by atoms with van der Waals surface area (Å²) < 4.78 is 0. The summed E-state index contributed by atoms with van der Waals surface area (Å²) in [7, 11) is 0. The number of aromatic carboxylic acids is 1. The fraction of sp³-hybridized carbons (Fsp3) is 0.0909. The van der Waals surface area contributed by atoms with E-state index in [1.54, 1.807) is 17.5 Å². The summed E-state index contributed by atoms with van der Waals surface area (Å²) in [6.45, 7) is 0. The molecule has 0 atom stereocenters. The van der Waals surface area contributed by atoms with Gasteiger partial charge in [0, 0.05) is 26.7 Å². The highest BCUT2D eigenvalue weighted by Crippen LogP contribution is 2.30. The number of nitrogens with two attached hydrogens (primary N) is 1. The lowest BCUT2D eigenvalue weighted by Crippen LogP contribution is -1.95. The van der Waals surface area contributed by atoms with Gasteiger partial charge in [-0.15, -0.1) is 23.1 Å². The molecule has 0 aliphatic heterocycles. The third kappa shape index (κ3) is 3.16. The first-order chi connectivity index (χ1) is 8.56. The van der Waals surface area contributed by atoms with Crippen LogP contribution in [0.4, 0.5) is 5.69 Å². The Labute approximate surface area is 117 Å². The first-order valence-corrected chi connectivity index (χ1v) is 7.16. The van der Waals surface area contributed by atoms with Crippen LogP contribution in [0.3, 0.4) is 0 Å². The number of nitrogen functional groups attached to an aromatic ring is 1. The van der Waals surface area contributed by atoms with Gasteiger partial charge in [0.25, 0.3) is 0 Å². The van der Waals surface area contributed by atoms with Gasteiger partial charge in [0.2, 0.25) is 5.01 Å². The van der Waals surface area contributed by atoms with Crippen molar-refractivity contribution in [3.05, 3.63) is 39.3 Å². The van der Waals surface area contributed by atoms with Crippen molar-refractivity contribution in [3.8, 4) is 0 Å². The fourth-order valence-corrected chi connectivity index (χ4v) is 3.06. The molecule has 0 bridgehead atoms. The van der Waals surface area contributed by atoms with E-state index in [1.807, 2.05) is 6.07 Å². The second kappa shape index (κ2) is 5.60. The van der Waals surface area contributed by atoms with Gasteiger partial charge < -0.3 is 10.8 Å². The highest BCUT2D eigenvalue weighted by atomic mass is 35.5. The minimum Gasteiger partial charge on any atom is -0.476 e. The van der Waals surface area contributed by atoms with Crippen LogP contribution in [0.2, 0.25) is 5.02 Å². The zero-order valence-electron chi connectivity index (χ0n) is 9.09. The molecule has 2 aromatic rings. The summed E-state index contributed by atoms with van der Waals surface area (Å²) in [5, 5.41) is 11.2. The topological polar surface area (TPSA) is 76.2 Å². The Morgan fingerprint density at radius 1 is 1.56 bits per heavy atom. The van der Waals surface area contributed by atoms with Gasteiger partial charge in [-0.05, 0) is 18.2 Å². The van der Waals surface area contributed by atoms with Gasteiger partial charge in [0.15, 0.2) is 0 Å². The molecule has 0 radical (unpaired) electrons. The SMILES string of the molecule is Nc1cc(Cl)ccc1SCc1csc(C(=O)O)n1. The third-order valence-corrected chi connectivity index (χ3v) is 4.32. The van der Waals surface area contributed by atoms with Crippen LogP contribution in [0.25, 0.3) is 0 Å². The van der Waals surface area contributed by atoms with Gasteiger partial charge in [0.05, 0.1) is 5.69 Å². The number of hydrogen-bond acceptors (Lipinski definition) is 5. The van der Waals surface area contributed by atoms with Crippen molar-refractivity contribution >= 4 is 46.4 Å². The van der Waals surface area contributed by atoms with Crippen molar-refractivity contribution in [3.63, 3.8) is 0 Å². The van der Waals surface area contributed by atoms with E-state index in [4.69, 9.17) is 22.4 Å². The molecule has 0 saturated carbocycles.